The molecule has 0 saturated heterocycles. The molecule has 0 unspecified atom stereocenters. The predicted octanol–water partition coefficient (Wildman–Crippen LogP) is 5.01. The van der Waals surface area contributed by atoms with Crippen molar-refractivity contribution < 1.29 is 4.79 Å². The van der Waals surface area contributed by atoms with Gasteiger partial charge in [0.05, 0.1) is 8.66 Å². The van der Waals surface area contributed by atoms with Gasteiger partial charge in [-0.25, -0.2) is 0 Å². The van der Waals surface area contributed by atoms with Crippen LogP contribution in [-0.4, -0.2) is 12.5 Å². The van der Waals surface area contributed by atoms with Crippen molar-refractivity contribution in [3.8, 4) is 0 Å². The topological polar surface area (TPSA) is 29.1 Å². The fraction of sp³-hybridized carbons (Fsp3) is 0.188. The molecule has 3 aromatic rings. The van der Waals surface area contributed by atoms with Gasteiger partial charge in [-0.3, -0.25) is 4.79 Å². The van der Waals surface area contributed by atoms with E-state index in [1.165, 1.54) is 15.0 Å². The standard InChI is InChI=1S/C16H14BrNOS2/c1-10-12-4-2-3-5-13(12)21-15(10)16(19)18-9-8-11-6-7-14(17)20-11/h2-7H,8-9H2,1H3,(H,18,19). The molecule has 2 nitrogen and oxygen atoms in total. The van der Waals surface area contributed by atoms with Gasteiger partial charge in [-0.2, -0.15) is 0 Å². The SMILES string of the molecule is Cc1c(C(=O)NCCc2ccc(Br)s2)sc2ccccc12. The highest BCUT2D eigenvalue weighted by Crippen LogP contribution is 2.30. The number of halogens is 1. The number of hydrogen-bond acceptors (Lipinski definition) is 3. The number of amides is 1. The number of thiophene rings is 2. The molecule has 108 valence electrons. The minimum atomic E-state index is 0.0318. The third-order valence-corrected chi connectivity index (χ3v) is 6.29. The van der Waals surface area contributed by atoms with Gasteiger partial charge in [0.1, 0.15) is 0 Å². The summed E-state index contributed by atoms with van der Waals surface area (Å²) in [5.74, 6) is 0.0318. The van der Waals surface area contributed by atoms with E-state index in [9.17, 15) is 4.79 Å². The molecular formula is C16H14BrNOS2. The molecule has 1 N–H and O–H groups in total. The lowest BCUT2D eigenvalue weighted by Crippen LogP contribution is -2.25. The van der Waals surface area contributed by atoms with Crippen LogP contribution in [0.2, 0.25) is 0 Å². The average molecular weight is 380 g/mol. The van der Waals surface area contributed by atoms with E-state index in [2.05, 4.69) is 39.4 Å². The lowest BCUT2D eigenvalue weighted by Gasteiger charge is -2.03. The number of aryl methyl sites for hydroxylation is 1. The molecule has 0 aliphatic carbocycles. The van der Waals surface area contributed by atoms with Gasteiger partial charge >= 0.3 is 0 Å². The van der Waals surface area contributed by atoms with Gasteiger partial charge in [-0.1, -0.05) is 18.2 Å². The monoisotopic (exact) mass is 379 g/mol. The van der Waals surface area contributed by atoms with Crippen LogP contribution in [0, 0.1) is 6.92 Å². The van der Waals surface area contributed by atoms with E-state index in [0.717, 1.165) is 20.6 Å². The van der Waals surface area contributed by atoms with Gasteiger partial charge in [0.2, 0.25) is 0 Å². The molecule has 1 amide bonds. The number of fused-ring (bicyclic) bond motifs is 1. The van der Waals surface area contributed by atoms with Crippen LogP contribution in [0.5, 0.6) is 0 Å². The van der Waals surface area contributed by atoms with Crippen molar-refractivity contribution in [2.24, 2.45) is 0 Å². The summed E-state index contributed by atoms with van der Waals surface area (Å²) in [5.41, 5.74) is 1.08. The molecule has 2 heterocycles. The molecule has 0 fully saturated rings. The van der Waals surface area contributed by atoms with E-state index in [1.807, 2.05) is 25.1 Å². The molecule has 0 radical (unpaired) electrons. The summed E-state index contributed by atoms with van der Waals surface area (Å²) >= 11 is 6.73. The molecule has 2 aromatic heterocycles. The number of carbonyl (C=O) groups is 1. The maximum atomic E-state index is 12.3. The van der Waals surface area contributed by atoms with Crippen molar-refractivity contribution in [1.29, 1.82) is 0 Å². The zero-order chi connectivity index (χ0) is 14.8. The lowest BCUT2D eigenvalue weighted by atomic mass is 10.1. The largest absolute Gasteiger partial charge is 0.351 e. The summed E-state index contributed by atoms with van der Waals surface area (Å²) in [6.07, 6.45) is 0.867. The van der Waals surface area contributed by atoms with E-state index < -0.39 is 0 Å². The summed E-state index contributed by atoms with van der Waals surface area (Å²) in [6.45, 7) is 2.68. The minimum Gasteiger partial charge on any atom is -0.351 e. The smallest absolute Gasteiger partial charge is 0.261 e. The fourth-order valence-electron chi connectivity index (χ4n) is 2.26. The normalized spacial score (nSPS) is 11.0. The molecule has 21 heavy (non-hydrogen) atoms. The maximum Gasteiger partial charge on any atom is 0.261 e. The van der Waals surface area contributed by atoms with E-state index in [4.69, 9.17) is 0 Å². The third kappa shape index (κ3) is 3.20. The summed E-state index contributed by atoms with van der Waals surface area (Å²) in [6, 6.07) is 12.3. The second-order valence-corrected chi connectivity index (χ2v) is 8.36. The van der Waals surface area contributed by atoms with Crippen LogP contribution >= 0.6 is 38.6 Å². The van der Waals surface area contributed by atoms with Gasteiger partial charge in [-0.05, 0) is 58.4 Å². The van der Waals surface area contributed by atoms with Crippen molar-refractivity contribution in [3.63, 3.8) is 0 Å². The molecule has 1 aromatic carbocycles. The molecule has 0 aliphatic rings. The Hall–Kier alpha value is -1.17. The van der Waals surface area contributed by atoms with Crippen LogP contribution in [0.15, 0.2) is 40.2 Å². The Labute approximate surface area is 139 Å². The van der Waals surface area contributed by atoms with E-state index in [-0.39, 0.29) is 5.91 Å². The van der Waals surface area contributed by atoms with Crippen LogP contribution in [0.4, 0.5) is 0 Å². The Bertz CT molecular complexity index is 791. The summed E-state index contributed by atoms with van der Waals surface area (Å²) in [7, 11) is 0. The quantitative estimate of drug-likeness (QED) is 0.678. The first-order chi connectivity index (χ1) is 10.1. The summed E-state index contributed by atoms with van der Waals surface area (Å²) < 4.78 is 2.30. The van der Waals surface area contributed by atoms with Crippen molar-refractivity contribution in [2.45, 2.75) is 13.3 Å². The van der Waals surface area contributed by atoms with E-state index in [0.29, 0.717) is 6.54 Å². The van der Waals surface area contributed by atoms with Crippen LogP contribution in [0.1, 0.15) is 20.1 Å². The number of rotatable bonds is 4. The Morgan fingerprint density at radius 3 is 2.71 bits per heavy atom. The average Bonchev–Trinajstić information content (AvgIpc) is 3.03. The second-order valence-electron chi connectivity index (χ2n) is 4.76. The fourth-order valence-corrected chi connectivity index (χ4v) is 4.86. The van der Waals surface area contributed by atoms with E-state index >= 15 is 0 Å². The number of hydrogen-bond donors (Lipinski definition) is 1. The van der Waals surface area contributed by atoms with Crippen molar-refractivity contribution in [1.82, 2.24) is 5.32 Å². The van der Waals surface area contributed by atoms with Crippen molar-refractivity contribution in [3.05, 3.63) is 55.5 Å². The number of nitrogens with one attached hydrogen (secondary N) is 1. The van der Waals surface area contributed by atoms with Gasteiger partial charge in [-0.15, -0.1) is 22.7 Å². The molecule has 0 spiro atoms. The first kappa shape index (κ1) is 14.8. The van der Waals surface area contributed by atoms with Gasteiger partial charge in [0.15, 0.2) is 0 Å². The lowest BCUT2D eigenvalue weighted by molar-refractivity contribution is 0.0958. The van der Waals surface area contributed by atoms with Crippen LogP contribution < -0.4 is 5.32 Å². The highest BCUT2D eigenvalue weighted by molar-refractivity contribution is 9.11. The Kier molecular flexibility index (Phi) is 4.42. The molecule has 3 rings (SSSR count). The van der Waals surface area contributed by atoms with Gasteiger partial charge < -0.3 is 5.32 Å². The second kappa shape index (κ2) is 6.30. The Morgan fingerprint density at radius 2 is 2.00 bits per heavy atom. The van der Waals surface area contributed by atoms with Crippen molar-refractivity contribution in [2.75, 3.05) is 6.54 Å². The Morgan fingerprint density at radius 1 is 1.19 bits per heavy atom. The summed E-state index contributed by atoms with van der Waals surface area (Å²) in [5, 5.41) is 4.20. The predicted molar refractivity (Wildman–Crippen MR) is 94.6 cm³/mol. The maximum absolute atomic E-state index is 12.3. The molecule has 0 aliphatic heterocycles. The molecule has 0 saturated carbocycles. The number of carbonyl (C=O) groups excluding carboxylic acids is 1. The molecule has 0 bridgehead atoms. The van der Waals surface area contributed by atoms with Crippen LogP contribution in [0.25, 0.3) is 10.1 Å². The third-order valence-electron chi connectivity index (χ3n) is 3.34. The minimum absolute atomic E-state index is 0.0318. The number of benzene rings is 1. The highest BCUT2D eigenvalue weighted by Gasteiger charge is 2.14. The molecular weight excluding hydrogens is 366 g/mol. The van der Waals surface area contributed by atoms with E-state index in [1.54, 1.807) is 22.7 Å². The van der Waals surface area contributed by atoms with Gasteiger partial charge in [0, 0.05) is 16.1 Å². The first-order valence-corrected chi connectivity index (χ1v) is 9.08. The van der Waals surface area contributed by atoms with Gasteiger partial charge in [0.25, 0.3) is 5.91 Å². The molecule has 0 atom stereocenters. The zero-order valence-electron chi connectivity index (χ0n) is 11.5. The van der Waals surface area contributed by atoms with Crippen LogP contribution in [-0.2, 0) is 6.42 Å². The van der Waals surface area contributed by atoms with Crippen molar-refractivity contribution >= 4 is 54.6 Å². The highest BCUT2D eigenvalue weighted by atomic mass is 79.9. The molecule has 5 heteroatoms. The summed E-state index contributed by atoms with van der Waals surface area (Å²) in [4.78, 5) is 14.4. The Balaban J connectivity index is 1.68. The van der Waals surface area contributed by atoms with Crippen LogP contribution in [0.3, 0.4) is 0 Å². The zero-order valence-corrected chi connectivity index (χ0v) is 14.7. The first-order valence-electron chi connectivity index (χ1n) is 6.65.